The second-order valence-electron chi connectivity index (χ2n) is 6.22. The van der Waals surface area contributed by atoms with Crippen molar-refractivity contribution in [3.63, 3.8) is 0 Å². The molecule has 0 atom stereocenters. The van der Waals surface area contributed by atoms with Gasteiger partial charge in [-0.15, -0.1) is 13.2 Å². The number of hydrogen-bond acceptors (Lipinski definition) is 2. The van der Waals surface area contributed by atoms with Gasteiger partial charge in [0, 0.05) is 19.3 Å². The largest absolute Gasteiger partial charge is 0.308 e. The molecule has 0 fully saturated rings. The molecule has 0 bridgehead atoms. The van der Waals surface area contributed by atoms with Crippen molar-refractivity contribution < 1.29 is 22.4 Å². The Morgan fingerprint density at radius 1 is 0.867 bits per heavy atom. The van der Waals surface area contributed by atoms with Crippen LogP contribution in [0.3, 0.4) is 0 Å². The van der Waals surface area contributed by atoms with Crippen LogP contribution in [0.4, 0.5) is 23.2 Å². The highest BCUT2D eigenvalue weighted by molar-refractivity contribution is 6.67. The van der Waals surface area contributed by atoms with Gasteiger partial charge in [0.2, 0.25) is 5.78 Å². The van der Waals surface area contributed by atoms with Crippen molar-refractivity contribution in [3.8, 4) is 0 Å². The molecule has 2 nitrogen and oxygen atoms in total. The molecule has 0 saturated carbocycles. The number of benzene rings is 2. The van der Waals surface area contributed by atoms with Gasteiger partial charge in [-0.2, -0.15) is 17.6 Å². The first-order valence-corrected chi connectivity index (χ1v) is 9.34. The van der Waals surface area contributed by atoms with Crippen LogP contribution >= 0.6 is 11.6 Å². The molecule has 2 rings (SSSR count). The van der Waals surface area contributed by atoms with Crippen molar-refractivity contribution in [1.82, 2.24) is 0 Å². The average molecular weight is 440 g/mol. The summed E-state index contributed by atoms with van der Waals surface area (Å²) in [6.07, 6.45) is 0.828. The lowest BCUT2D eigenvalue weighted by atomic mass is 10.0. The van der Waals surface area contributed by atoms with Crippen LogP contribution in [0.15, 0.2) is 91.0 Å². The Balaban J connectivity index is 0.000000300. The minimum absolute atomic E-state index is 0.234. The van der Waals surface area contributed by atoms with E-state index in [0.29, 0.717) is 11.3 Å². The predicted molar refractivity (Wildman–Crippen MR) is 114 cm³/mol. The van der Waals surface area contributed by atoms with Crippen LogP contribution in [-0.2, 0) is 11.2 Å². The monoisotopic (exact) mass is 439 g/mol. The number of allylic oxidation sites excluding steroid dienone is 2. The van der Waals surface area contributed by atoms with Gasteiger partial charge in [0.25, 0.3) is 0 Å². The van der Waals surface area contributed by atoms with Crippen molar-refractivity contribution in [2.45, 2.75) is 31.1 Å². The maximum absolute atomic E-state index is 13.2. The number of hydrogen-bond donors (Lipinski definition) is 0. The number of rotatable bonds is 9. The van der Waals surface area contributed by atoms with E-state index >= 15 is 0 Å². The smallest absolute Gasteiger partial charge is 0.293 e. The van der Waals surface area contributed by atoms with Gasteiger partial charge in [0.15, 0.2) is 5.17 Å². The zero-order valence-electron chi connectivity index (χ0n) is 16.2. The van der Waals surface area contributed by atoms with E-state index in [9.17, 15) is 22.4 Å². The molecular formula is C23H22ClF4NO. The molecule has 0 aromatic heterocycles. The lowest BCUT2D eigenvalue weighted by Gasteiger charge is -2.12. The minimum atomic E-state index is -3.29. The number of aliphatic imine (C=N–C) groups is 1. The molecule has 160 valence electrons. The standard InChI is InChI=1S/C12H12F2O.C11H10ClF2N/c1-2-8-12(13,14)11(15)9-10-6-4-3-5-7-10;1-2-8-11(13,14)10(12)15-9-6-4-3-5-7-9/h2-7H,1,8-9H2;2-7H,1,8H2. The quantitative estimate of drug-likeness (QED) is 0.231. The van der Waals surface area contributed by atoms with E-state index in [1.807, 2.05) is 0 Å². The third-order valence-electron chi connectivity index (χ3n) is 3.70. The summed E-state index contributed by atoms with van der Waals surface area (Å²) in [5, 5.41) is -0.714. The van der Waals surface area contributed by atoms with Gasteiger partial charge >= 0.3 is 11.8 Å². The van der Waals surface area contributed by atoms with Crippen LogP contribution in [0.2, 0.25) is 0 Å². The summed E-state index contributed by atoms with van der Waals surface area (Å²) in [6, 6.07) is 16.9. The molecule has 0 amide bonds. The van der Waals surface area contributed by atoms with Gasteiger partial charge in [-0.25, -0.2) is 4.99 Å². The summed E-state index contributed by atoms with van der Waals surface area (Å²) in [5.74, 6) is -7.50. The van der Waals surface area contributed by atoms with Crippen molar-refractivity contribution in [3.05, 3.63) is 91.5 Å². The summed E-state index contributed by atoms with van der Waals surface area (Å²) >= 11 is 5.44. The van der Waals surface area contributed by atoms with Crippen molar-refractivity contribution >= 4 is 28.2 Å². The fourth-order valence-electron chi connectivity index (χ4n) is 2.17. The summed E-state index contributed by atoms with van der Waals surface area (Å²) in [6.45, 7) is 6.44. The van der Waals surface area contributed by atoms with Crippen LogP contribution in [-0.4, -0.2) is 22.8 Å². The van der Waals surface area contributed by atoms with Crippen molar-refractivity contribution in [2.75, 3.05) is 0 Å². The van der Waals surface area contributed by atoms with Gasteiger partial charge in [-0.1, -0.05) is 72.3 Å². The number of nitrogens with zero attached hydrogens (tertiary/aromatic N) is 1. The van der Waals surface area contributed by atoms with Crippen molar-refractivity contribution in [1.29, 1.82) is 0 Å². The van der Waals surface area contributed by atoms with Crippen molar-refractivity contribution in [2.24, 2.45) is 4.99 Å². The highest BCUT2D eigenvalue weighted by atomic mass is 35.5. The first-order chi connectivity index (χ1) is 14.1. The maximum atomic E-state index is 13.2. The zero-order valence-corrected chi connectivity index (χ0v) is 17.0. The number of carbonyl (C=O) groups excluding carboxylic acids is 1. The SMILES string of the molecule is C=CCC(F)(F)C(=O)Cc1ccccc1.C=CCC(F)(F)C(Cl)=Nc1ccccc1. The Morgan fingerprint density at radius 3 is 1.83 bits per heavy atom. The topological polar surface area (TPSA) is 29.4 Å². The van der Waals surface area contributed by atoms with E-state index in [0.717, 1.165) is 12.2 Å². The Labute approximate surface area is 178 Å². The third-order valence-corrected chi connectivity index (χ3v) is 4.06. The van der Waals surface area contributed by atoms with E-state index in [2.05, 4.69) is 18.2 Å². The Bertz CT molecular complexity index is 852. The second kappa shape index (κ2) is 12.1. The highest BCUT2D eigenvalue weighted by Gasteiger charge is 2.36. The molecule has 0 radical (unpaired) electrons. The molecule has 0 aliphatic carbocycles. The lowest BCUT2D eigenvalue weighted by molar-refractivity contribution is -0.141. The fraction of sp³-hybridized carbons (Fsp3) is 0.217. The van der Waals surface area contributed by atoms with Crippen LogP contribution in [0.25, 0.3) is 0 Å². The molecule has 0 saturated heterocycles. The molecule has 7 heteroatoms. The second-order valence-corrected chi connectivity index (χ2v) is 6.58. The van der Waals surface area contributed by atoms with Gasteiger partial charge in [0.1, 0.15) is 0 Å². The molecular weight excluding hydrogens is 418 g/mol. The van der Waals surface area contributed by atoms with Crippen LogP contribution in [0.5, 0.6) is 0 Å². The molecule has 0 unspecified atom stereocenters. The summed E-state index contributed by atoms with van der Waals surface area (Å²) in [5.41, 5.74) is 1.01. The number of carbonyl (C=O) groups is 1. The van der Waals surface area contributed by atoms with E-state index in [1.54, 1.807) is 60.7 Å². The van der Waals surface area contributed by atoms with Gasteiger partial charge in [-0.05, 0) is 17.7 Å². The number of halogens is 5. The van der Waals surface area contributed by atoms with Gasteiger partial charge in [-0.3, -0.25) is 4.79 Å². The Morgan fingerprint density at radius 2 is 1.33 bits per heavy atom. The molecule has 0 aliphatic rings. The van der Waals surface area contributed by atoms with Crippen LogP contribution in [0.1, 0.15) is 18.4 Å². The number of Topliss-reactive ketones (excluding diaryl/α,β-unsaturated/α-hetero) is 1. The molecule has 0 N–H and O–H groups in total. The normalized spacial score (nSPS) is 11.8. The molecule has 0 heterocycles. The predicted octanol–water partition coefficient (Wildman–Crippen LogP) is 7.18. The minimum Gasteiger partial charge on any atom is -0.293 e. The van der Waals surface area contributed by atoms with Crippen LogP contribution < -0.4 is 0 Å². The molecule has 2 aromatic carbocycles. The first-order valence-electron chi connectivity index (χ1n) is 8.96. The van der Waals surface area contributed by atoms with Crippen LogP contribution in [0, 0.1) is 0 Å². The number of alkyl halides is 4. The van der Waals surface area contributed by atoms with E-state index in [-0.39, 0.29) is 6.42 Å². The molecule has 30 heavy (non-hydrogen) atoms. The number of para-hydroxylation sites is 1. The summed E-state index contributed by atoms with van der Waals surface area (Å²) < 4.78 is 52.5. The third kappa shape index (κ3) is 8.74. The first kappa shape index (κ1) is 25.3. The van der Waals surface area contributed by atoms with E-state index in [1.165, 1.54) is 0 Å². The number of ketones is 1. The Hall–Kier alpha value is -2.73. The molecule has 2 aromatic rings. The van der Waals surface area contributed by atoms with Gasteiger partial charge in [0.05, 0.1) is 5.69 Å². The summed E-state index contributed by atoms with van der Waals surface area (Å²) in [4.78, 5) is 14.9. The maximum Gasteiger partial charge on any atom is 0.308 e. The molecule has 0 spiro atoms. The highest BCUT2D eigenvalue weighted by Crippen LogP contribution is 2.26. The molecule has 0 aliphatic heterocycles. The average Bonchev–Trinajstić information content (AvgIpc) is 2.70. The fourth-order valence-corrected chi connectivity index (χ4v) is 2.34. The van der Waals surface area contributed by atoms with E-state index < -0.39 is 35.6 Å². The van der Waals surface area contributed by atoms with E-state index in [4.69, 9.17) is 11.6 Å². The Kier molecular flexibility index (Phi) is 10.2. The van der Waals surface area contributed by atoms with Gasteiger partial charge < -0.3 is 0 Å². The zero-order chi connectivity index (χ0) is 22.6. The summed E-state index contributed by atoms with van der Waals surface area (Å²) in [7, 11) is 0. The lowest BCUT2D eigenvalue weighted by Crippen LogP contribution is -2.29.